The molecule has 0 radical (unpaired) electrons. The van der Waals surface area contributed by atoms with Crippen molar-refractivity contribution in [3.63, 3.8) is 0 Å². The maximum atomic E-state index is 10.2. The molecule has 0 aliphatic carbocycles. The van der Waals surface area contributed by atoms with Crippen molar-refractivity contribution in [2.75, 3.05) is 0 Å². The van der Waals surface area contributed by atoms with Gasteiger partial charge in [0.2, 0.25) is 11.7 Å². The Kier molecular flexibility index (Phi) is 2.27. The molecule has 0 spiro atoms. The number of carbonyl (C=O) groups excluding carboxylic acids is 1. The second kappa shape index (κ2) is 2.54. The fourth-order valence-corrected chi connectivity index (χ4v) is 0.379. The zero-order valence-corrected chi connectivity index (χ0v) is 5.34. The molecule has 52 valence electrons. The first-order valence-electron chi connectivity index (χ1n) is 2.40. The van der Waals surface area contributed by atoms with Gasteiger partial charge < -0.3 is 5.32 Å². The van der Waals surface area contributed by atoms with Gasteiger partial charge in [-0.2, -0.15) is 0 Å². The molecule has 5 nitrogen and oxygen atoms in total. The summed E-state index contributed by atoms with van der Waals surface area (Å²) < 4.78 is 0. The molecular weight excluding hydrogens is 122 g/mol. The van der Waals surface area contributed by atoms with Crippen molar-refractivity contribution in [2.24, 2.45) is 10.9 Å². The van der Waals surface area contributed by atoms with E-state index in [4.69, 9.17) is 5.73 Å². The number of hydrogen-bond acceptors (Lipinski definition) is 4. The Bertz CT molecular complexity index is 132. The largest absolute Gasteiger partial charge is 0.317 e. The van der Waals surface area contributed by atoms with Crippen molar-refractivity contribution in [2.45, 2.75) is 19.6 Å². The normalized spacial score (nSPS) is 15.9. The summed E-state index contributed by atoms with van der Waals surface area (Å²) in [6.07, 6.45) is 0. The van der Waals surface area contributed by atoms with Crippen LogP contribution in [-0.2, 0) is 4.79 Å². The number of amides is 1. The lowest BCUT2D eigenvalue weighted by Gasteiger charge is -2.14. The number of carbonyl (C=O) groups is 1. The van der Waals surface area contributed by atoms with Crippen molar-refractivity contribution in [1.29, 1.82) is 0 Å². The highest BCUT2D eigenvalue weighted by Crippen LogP contribution is 1.92. The van der Waals surface area contributed by atoms with Gasteiger partial charge in [0.25, 0.3) is 0 Å². The molecule has 0 aromatic carbocycles. The molecule has 0 aliphatic rings. The van der Waals surface area contributed by atoms with Crippen molar-refractivity contribution in [1.82, 2.24) is 5.32 Å². The maximum absolute atomic E-state index is 10.2. The van der Waals surface area contributed by atoms with Crippen LogP contribution in [0.25, 0.3) is 0 Å². The van der Waals surface area contributed by atoms with E-state index in [1.807, 2.05) is 0 Å². The van der Waals surface area contributed by atoms with Crippen LogP contribution in [0.2, 0.25) is 0 Å². The number of nitrogens with two attached hydrogens (primary N) is 1. The van der Waals surface area contributed by atoms with Crippen LogP contribution < -0.4 is 11.1 Å². The predicted molar refractivity (Wildman–Crippen MR) is 32.2 cm³/mol. The second-order valence-corrected chi connectivity index (χ2v) is 1.92. The predicted octanol–water partition coefficient (Wildman–Crippen LogP) is -0.479. The van der Waals surface area contributed by atoms with Gasteiger partial charge in [-0.3, -0.25) is 10.5 Å². The number of rotatable bonds is 2. The van der Waals surface area contributed by atoms with E-state index >= 15 is 0 Å². The fourth-order valence-electron chi connectivity index (χ4n) is 0.379. The minimum absolute atomic E-state index is 0.375. The first kappa shape index (κ1) is 8.03. The van der Waals surface area contributed by atoms with Gasteiger partial charge in [-0.1, -0.05) is 0 Å². The molecule has 0 aliphatic heterocycles. The van der Waals surface area contributed by atoms with Gasteiger partial charge in [-0.15, -0.1) is 4.91 Å². The molecule has 0 heterocycles. The Morgan fingerprint density at radius 1 is 1.78 bits per heavy atom. The molecule has 5 heteroatoms. The fraction of sp³-hybridized carbons (Fsp3) is 0.750. The highest BCUT2D eigenvalue weighted by molar-refractivity contribution is 5.73. The third-order valence-electron chi connectivity index (χ3n) is 0.619. The maximum Gasteiger partial charge on any atom is 0.222 e. The number of nitrogens with one attached hydrogen (secondary N) is 1. The Hall–Kier alpha value is -0.970. The average molecular weight is 131 g/mol. The summed E-state index contributed by atoms with van der Waals surface area (Å²) in [5.41, 5.74) is 5.11. The number of nitroso groups, excluding NO2 is 1. The Morgan fingerprint density at radius 2 is 2.22 bits per heavy atom. The molecule has 9 heavy (non-hydrogen) atoms. The zero-order valence-electron chi connectivity index (χ0n) is 5.34. The molecule has 1 unspecified atom stereocenters. The van der Waals surface area contributed by atoms with Gasteiger partial charge in [0.15, 0.2) is 0 Å². The van der Waals surface area contributed by atoms with Gasteiger partial charge in [0.05, 0.1) is 0 Å². The van der Waals surface area contributed by atoms with E-state index in [2.05, 4.69) is 10.5 Å². The third kappa shape index (κ3) is 3.60. The van der Waals surface area contributed by atoms with Crippen molar-refractivity contribution in [3.05, 3.63) is 4.91 Å². The van der Waals surface area contributed by atoms with Crippen LogP contribution in [0, 0.1) is 4.91 Å². The molecule has 0 saturated carbocycles. The van der Waals surface area contributed by atoms with Crippen molar-refractivity contribution < 1.29 is 4.79 Å². The van der Waals surface area contributed by atoms with E-state index < -0.39 is 5.79 Å². The van der Waals surface area contributed by atoms with Crippen LogP contribution in [-0.4, -0.2) is 11.7 Å². The van der Waals surface area contributed by atoms with Gasteiger partial charge in [-0.25, -0.2) is 0 Å². The number of hydrogen-bond donors (Lipinski definition) is 2. The average Bonchev–Trinajstić information content (AvgIpc) is 1.63. The quantitative estimate of drug-likeness (QED) is 0.392. The van der Waals surface area contributed by atoms with Gasteiger partial charge in [0.1, 0.15) is 0 Å². The van der Waals surface area contributed by atoms with Gasteiger partial charge in [-0.05, 0) is 12.1 Å². The van der Waals surface area contributed by atoms with Crippen LogP contribution in [0.1, 0.15) is 13.8 Å². The molecule has 3 N–H and O–H groups in total. The van der Waals surface area contributed by atoms with Gasteiger partial charge in [0, 0.05) is 6.92 Å². The first-order valence-corrected chi connectivity index (χ1v) is 2.40. The topological polar surface area (TPSA) is 84.6 Å². The standard InChI is InChI=1S/C4H9N3O2/c1-3(8)6-4(2,5)7-9/h5H2,1-2H3,(H,6,8). The Labute approximate surface area is 52.6 Å². The van der Waals surface area contributed by atoms with Crippen molar-refractivity contribution in [3.8, 4) is 0 Å². The smallest absolute Gasteiger partial charge is 0.222 e. The summed E-state index contributed by atoms with van der Waals surface area (Å²) in [4.78, 5) is 20.0. The van der Waals surface area contributed by atoms with E-state index in [9.17, 15) is 9.70 Å². The van der Waals surface area contributed by atoms with E-state index in [1.165, 1.54) is 13.8 Å². The minimum Gasteiger partial charge on any atom is -0.317 e. The van der Waals surface area contributed by atoms with E-state index in [1.54, 1.807) is 0 Å². The molecule has 0 bridgehead atoms. The summed E-state index contributed by atoms with van der Waals surface area (Å²) in [5.74, 6) is -1.84. The minimum atomic E-state index is -1.47. The van der Waals surface area contributed by atoms with Crippen LogP contribution >= 0.6 is 0 Å². The van der Waals surface area contributed by atoms with E-state index in [0.717, 1.165) is 0 Å². The molecule has 0 fully saturated rings. The molecule has 0 aromatic heterocycles. The van der Waals surface area contributed by atoms with Crippen LogP contribution in [0.5, 0.6) is 0 Å². The summed E-state index contributed by atoms with van der Waals surface area (Å²) in [6, 6.07) is 0. The summed E-state index contributed by atoms with van der Waals surface area (Å²) in [7, 11) is 0. The van der Waals surface area contributed by atoms with Crippen molar-refractivity contribution >= 4 is 5.91 Å². The van der Waals surface area contributed by atoms with Crippen LogP contribution in [0.3, 0.4) is 0 Å². The summed E-state index contributed by atoms with van der Waals surface area (Å²) >= 11 is 0. The lowest BCUT2D eigenvalue weighted by Crippen LogP contribution is -2.50. The Balaban J connectivity index is 3.86. The highest BCUT2D eigenvalue weighted by Gasteiger charge is 2.18. The van der Waals surface area contributed by atoms with E-state index in [-0.39, 0.29) is 5.91 Å². The zero-order chi connectivity index (χ0) is 7.49. The molecule has 0 rings (SSSR count). The third-order valence-corrected chi connectivity index (χ3v) is 0.619. The number of nitrogens with zero attached hydrogens (tertiary/aromatic N) is 1. The highest BCUT2D eigenvalue weighted by atomic mass is 16.3. The lowest BCUT2D eigenvalue weighted by atomic mass is 10.4. The van der Waals surface area contributed by atoms with Crippen LogP contribution in [0.4, 0.5) is 0 Å². The molecule has 1 atom stereocenters. The monoisotopic (exact) mass is 131 g/mol. The first-order chi connectivity index (χ1) is 3.98. The summed E-state index contributed by atoms with van der Waals surface area (Å²) in [6.45, 7) is 2.57. The van der Waals surface area contributed by atoms with Crippen LogP contribution in [0.15, 0.2) is 5.18 Å². The molecule has 0 saturated heterocycles. The SMILES string of the molecule is CC(=O)NC(C)(N)N=O. The molecular formula is C4H9N3O2. The molecule has 0 aromatic rings. The second-order valence-electron chi connectivity index (χ2n) is 1.92. The van der Waals surface area contributed by atoms with E-state index in [0.29, 0.717) is 0 Å². The lowest BCUT2D eigenvalue weighted by molar-refractivity contribution is -0.120. The summed E-state index contributed by atoms with van der Waals surface area (Å²) in [5, 5.41) is 4.58. The van der Waals surface area contributed by atoms with Gasteiger partial charge >= 0.3 is 0 Å². The molecule has 1 amide bonds. The Morgan fingerprint density at radius 3 is 2.33 bits per heavy atom.